The van der Waals surface area contributed by atoms with Crippen molar-refractivity contribution in [2.45, 2.75) is 20.0 Å². The van der Waals surface area contributed by atoms with Crippen LogP contribution in [0.5, 0.6) is 0 Å². The van der Waals surface area contributed by atoms with E-state index in [1.807, 2.05) is 0 Å². The average Bonchev–Trinajstić information content (AvgIpc) is 2.37. The summed E-state index contributed by atoms with van der Waals surface area (Å²) in [4.78, 5) is 15.2. The highest BCUT2D eigenvalue weighted by atomic mass is 19.4. The molecule has 0 fully saturated rings. The van der Waals surface area contributed by atoms with Gasteiger partial charge in [0.1, 0.15) is 17.1 Å². The average molecular weight is 289 g/mol. The number of hydrogen-bond donors (Lipinski definition) is 0. The number of alkyl halides is 3. The molecular formula is C13H14F3NO3. The van der Waals surface area contributed by atoms with Gasteiger partial charge in [0.15, 0.2) is 0 Å². The van der Waals surface area contributed by atoms with Crippen LogP contribution in [-0.4, -0.2) is 24.2 Å². The molecule has 110 valence electrons. The fraction of sp³-hybridized carbons (Fsp3) is 0.385. The Morgan fingerprint density at radius 1 is 1.25 bits per heavy atom. The van der Waals surface area contributed by atoms with E-state index in [-0.39, 0.29) is 24.7 Å². The lowest BCUT2D eigenvalue weighted by Crippen LogP contribution is -2.15. The molecule has 7 heteroatoms. The van der Waals surface area contributed by atoms with E-state index >= 15 is 0 Å². The number of pyridine rings is 1. The number of esters is 1. The smallest absolute Gasteiger partial charge is 0.418 e. The SMILES string of the molecule is C=C(OCC)c1nc(C(=O)OCC)ccc1C(F)(F)F. The summed E-state index contributed by atoms with van der Waals surface area (Å²) in [6.45, 7) is 6.83. The molecule has 0 amide bonds. The van der Waals surface area contributed by atoms with Crippen LogP contribution in [0.2, 0.25) is 0 Å². The third-order valence-corrected chi connectivity index (χ3v) is 2.27. The molecule has 4 nitrogen and oxygen atoms in total. The number of rotatable bonds is 5. The molecule has 0 aliphatic rings. The van der Waals surface area contributed by atoms with Crippen LogP contribution in [0.15, 0.2) is 18.7 Å². The molecule has 0 unspecified atom stereocenters. The van der Waals surface area contributed by atoms with Crippen LogP contribution in [0.3, 0.4) is 0 Å². The van der Waals surface area contributed by atoms with Crippen molar-refractivity contribution in [2.24, 2.45) is 0 Å². The van der Waals surface area contributed by atoms with E-state index in [9.17, 15) is 18.0 Å². The van der Waals surface area contributed by atoms with Crippen molar-refractivity contribution in [3.63, 3.8) is 0 Å². The van der Waals surface area contributed by atoms with Crippen molar-refractivity contribution in [2.75, 3.05) is 13.2 Å². The molecule has 0 aliphatic carbocycles. The quantitative estimate of drug-likeness (QED) is 0.616. The van der Waals surface area contributed by atoms with Gasteiger partial charge in [-0.3, -0.25) is 0 Å². The van der Waals surface area contributed by atoms with Gasteiger partial charge in [0.2, 0.25) is 0 Å². The Hall–Kier alpha value is -2.05. The molecule has 20 heavy (non-hydrogen) atoms. The molecule has 0 saturated carbocycles. The van der Waals surface area contributed by atoms with Gasteiger partial charge >= 0.3 is 12.1 Å². The van der Waals surface area contributed by atoms with Crippen LogP contribution < -0.4 is 0 Å². The topological polar surface area (TPSA) is 48.4 Å². The molecule has 1 aromatic heterocycles. The van der Waals surface area contributed by atoms with Gasteiger partial charge in [-0.2, -0.15) is 13.2 Å². The number of nitrogens with zero attached hydrogens (tertiary/aromatic N) is 1. The Bertz CT molecular complexity index is 512. The van der Waals surface area contributed by atoms with Gasteiger partial charge in [-0.25, -0.2) is 9.78 Å². The normalized spacial score (nSPS) is 11.1. The van der Waals surface area contributed by atoms with E-state index in [2.05, 4.69) is 11.6 Å². The second-order valence-corrected chi connectivity index (χ2v) is 3.67. The van der Waals surface area contributed by atoms with Crippen LogP contribution >= 0.6 is 0 Å². The second-order valence-electron chi connectivity index (χ2n) is 3.67. The summed E-state index contributed by atoms with van der Waals surface area (Å²) in [5.41, 5.74) is -1.75. The molecule has 0 aliphatic heterocycles. The van der Waals surface area contributed by atoms with Crippen molar-refractivity contribution in [3.8, 4) is 0 Å². The van der Waals surface area contributed by atoms with Crippen LogP contribution in [0, 0.1) is 0 Å². The monoisotopic (exact) mass is 289 g/mol. The Labute approximate surface area is 114 Å². The predicted octanol–water partition coefficient (Wildman–Crippen LogP) is 3.28. The minimum atomic E-state index is -4.62. The third kappa shape index (κ3) is 3.72. The lowest BCUT2D eigenvalue weighted by molar-refractivity contribution is -0.138. The molecule has 0 radical (unpaired) electrons. The predicted molar refractivity (Wildman–Crippen MR) is 65.9 cm³/mol. The van der Waals surface area contributed by atoms with E-state index in [4.69, 9.17) is 9.47 Å². The third-order valence-electron chi connectivity index (χ3n) is 2.27. The maximum absolute atomic E-state index is 12.9. The fourth-order valence-electron chi connectivity index (χ4n) is 1.46. The number of aromatic nitrogens is 1. The molecule has 1 rings (SSSR count). The lowest BCUT2D eigenvalue weighted by atomic mass is 10.1. The maximum Gasteiger partial charge on any atom is 0.418 e. The molecule has 1 heterocycles. The lowest BCUT2D eigenvalue weighted by Gasteiger charge is -2.14. The first kappa shape index (κ1) is 16.0. The molecule has 0 N–H and O–H groups in total. The highest BCUT2D eigenvalue weighted by Crippen LogP contribution is 2.34. The van der Waals surface area contributed by atoms with E-state index < -0.39 is 23.4 Å². The van der Waals surface area contributed by atoms with Crippen molar-refractivity contribution in [3.05, 3.63) is 35.7 Å². The number of halogens is 3. The largest absolute Gasteiger partial charge is 0.492 e. The first-order valence-electron chi connectivity index (χ1n) is 5.88. The maximum atomic E-state index is 12.9. The fourth-order valence-corrected chi connectivity index (χ4v) is 1.46. The summed E-state index contributed by atoms with van der Waals surface area (Å²) in [6.07, 6.45) is -4.62. The summed E-state index contributed by atoms with van der Waals surface area (Å²) in [6, 6.07) is 1.72. The second kappa shape index (κ2) is 6.40. The highest BCUT2D eigenvalue weighted by Gasteiger charge is 2.35. The molecule has 0 saturated heterocycles. The molecule has 0 bridgehead atoms. The molecule has 1 aromatic rings. The van der Waals surface area contributed by atoms with Gasteiger partial charge in [-0.05, 0) is 26.0 Å². The summed E-state index contributed by atoms with van der Waals surface area (Å²) in [5, 5.41) is 0. The zero-order chi connectivity index (χ0) is 15.3. The van der Waals surface area contributed by atoms with Gasteiger partial charge in [-0.15, -0.1) is 0 Å². The Balaban J connectivity index is 3.29. The number of hydrogen-bond acceptors (Lipinski definition) is 4. The first-order valence-corrected chi connectivity index (χ1v) is 5.88. The van der Waals surface area contributed by atoms with Crippen LogP contribution in [-0.2, 0) is 15.7 Å². The van der Waals surface area contributed by atoms with Gasteiger partial charge in [0, 0.05) is 0 Å². The van der Waals surface area contributed by atoms with Gasteiger partial charge in [0.25, 0.3) is 0 Å². The van der Waals surface area contributed by atoms with Crippen LogP contribution in [0.25, 0.3) is 5.76 Å². The molecule has 0 atom stereocenters. The summed E-state index contributed by atoms with van der Waals surface area (Å²) in [7, 11) is 0. The van der Waals surface area contributed by atoms with Crippen LogP contribution in [0.1, 0.15) is 35.6 Å². The van der Waals surface area contributed by atoms with Crippen molar-refractivity contribution in [1.82, 2.24) is 4.98 Å². The number of ether oxygens (including phenoxy) is 2. The summed E-state index contributed by atoms with van der Waals surface area (Å²) >= 11 is 0. The number of carbonyl (C=O) groups is 1. The van der Waals surface area contributed by atoms with Gasteiger partial charge in [0.05, 0.1) is 18.8 Å². The zero-order valence-corrected chi connectivity index (χ0v) is 11.1. The molecule has 0 aromatic carbocycles. The van der Waals surface area contributed by atoms with Crippen molar-refractivity contribution < 1.29 is 27.4 Å². The van der Waals surface area contributed by atoms with E-state index in [1.165, 1.54) is 0 Å². The van der Waals surface area contributed by atoms with Crippen LogP contribution in [0.4, 0.5) is 13.2 Å². The van der Waals surface area contributed by atoms with Gasteiger partial charge < -0.3 is 9.47 Å². The van der Waals surface area contributed by atoms with E-state index in [0.29, 0.717) is 0 Å². The minimum absolute atomic E-state index is 0.100. The van der Waals surface area contributed by atoms with E-state index in [1.54, 1.807) is 13.8 Å². The Morgan fingerprint density at radius 3 is 2.35 bits per heavy atom. The highest BCUT2D eigenvalue weighted by molar-refractivity contribution is 5.87. The summed E-state index contributed by atoms with van der Waals surface area (Å²) < 4.78 is 48.3. The molecular weight excluding hydrogens is 275 g/mol. The Morgan fingerprint density at radius 2 is 1.85 bits per heavy atom. The van der Waals surface area contributed by atoms with Crippen molar-refractivity contribution >= 4 is 11.7 Å². The standard InChI is InChI=1S/C13H14F3NO3/c1-4-19-8(3)11-9(13(14,15)16)6-7-10(17-11)12(18)20-5-2/h6-7H,3-5H2,1-2H3. The first-order chi connectivity index (χ1) is 9.31. The minimum Gasteiger partial charge on any atom is -0.492 e. The summed E-state index contributed by atoms with van der Waals surface area (Å²) in [5.74, 6) is -1.04. The number of carbonyl (C=O) groups excluding carboxylic acids is 1. The van der Waals surface area contributed by atoms with Gasteiger partial charge in [-0.1, -0.05) is 6.58 Å². The molecule has 0 spiro atoms. The van der Waals surface area contributed by atoms with Crippen molar-refractivity contribution in [1.29, 1.82) is 0 Å². The zero-order valence-electron chi connectivity index (χ0n) is 11.1. The van der Waals surface area contributed by atoms with E-state index in [0.717, 1.165) is 12.1 Å². The Kier molecular flexibility index (Phi) is 5.12.